The molecule has 3 aromatic rings. The Morgan fingerprint density at radius 2 is 1.89 bits per heavy atom. The molecule has 0 aliphatic carbocycles. The third-order valence-corrected chi connectivity index (χ3v) is 3.29. The molecule has 1 aromatic heterocycles. The van der Waals surface area contributed by atoms with Crippen LogP contribution in [0, 0.1) is 0 Å². The quantitative estimate of drug-likeness (QED) is 0.789. The van der Waals surface area contributed by atoms with Crippen LogP contribution in [0.1, 0.15) is 10.4 Å². The molecular formula is C13H8BrN3O2. The lowest BCUT2D eigenvalue weighted by Crippen LogP contribution is -1.99. The summed E-state index contributed by atoms with van der Waals surface area (Å²) in [6.07, 6.45) is 0. The first kappa shape index (κ1) is 11.9. The molecule has 6 heteroatoms. The monoisotopic (exact) mass is 317 g/mol. The zero-order valence-corrected chi connectivity index (χ0v) is 11.2. The number of aromatic nitrogens is 3. The maximum Gasteiger partial charge on any atom is 0.335 e. The van der Waals surface area contributed by atoms with Crippen molar-refractivity contribution >= 4 is 32.9 Å². The Labute approximate surface area is 116 Å². The van der Waals surface area contributed by atoms with Crippen molar-refractivity contribution in [3.8, 4) is 5.69 Å². The number of halogens is 1. The second kappa shape index (κ2) is 4.47. The Morgan fingerprint density at radius 3 is 2.58 bits per heavy atom. The fourth-order valence-corrected chi connectivity index (χ4v) is 2.09. The highest BCUT2D eigenvalue weighted by Gasteiger charge is 2.10. The molecule has 19 heavy (non-hydrogen) atoms. The lowest BCUT2D eigenvalue weighted by atomic mass is 10.2. The van der Waals surface area contributed by atoms with Gasteiger partial charge in [0.1, 0.15) is 5.52 Å². The standard InChI is InChI=1S/C13H8BrN3O2/c14-9-2-4-10(5-3-9)17-12-7-8(13(18)19)1-6-11(12)15-16-17/h1-7H,(H,18,19). The molecule has 0 saturated carbocycles. The van der Waals surface area contributed by atoms with Crippen LogP contribution in [0.4, 0.5) is 0 Å². The van der Waals surface area contributed by atoms with E-state index >= 15 is 0 Å². The molecule has 5 nitrogen and oxygen atoms in total. The first-order valence-corrected chi connectivity index (χ1v) is 6.29. The molecule has 0 spiro atoms. The zero-order chi connectivity index (χ0) is 13.4. The first-order valence-electron chi connectivity index (χ1n) is 5.50. The number of carbonyl (C=O) groups is 1. The molecule has 94 valence electrons. The van der Waals surface area contributed by atoms with Gasteiger partial charge in [-0.2, -0.15) is 0 Å². The first-order chi connectivity index (χ1) is 9.15. The van der Waals surface area contributed by atoms with Gasteiger partial charge in [-0.3, -0.25) is 0 Å². The summed E-state index contributed by atoms with van der Waals surface area (Å²) < 4.78 is 2.58. The number of hydrogen-bond acceptors (Lipinski definition) is 3. The number of nitrogens with zero attached hydrogens (tertiary/aromatic N) is 3. The van der Waals surface area contributed by atoms with Crippen LogP contribution in [0.2, 0.25) is 0 Å². The van der Waals surface area contributed by atoms with Gasteiger partial charge in [-0.25, -0.2) is 9.48 Å². The number of aromatic carboxylic acids is 1. The van der Waals surface area contributed by atoms with Crippen LogP contribution in [-0.4, -0.2) is 26.1 Å². The van der Waals surface area contributed by atoms with Crippen LogP contribution < -0.4 is 0 Å². The predicted molar refractivity (Wildman–Crippen MR) is 73.5 cm³/mol. The second-order valence-corrected chi connectivity index (χ2v) is 4.90. The van der Waals surface area contributed by atoms with Crippen LogP contribution in [-0.2, 0) is 0 Å². The van der Waals surface area contributed by atoms with Crippen molar-refractivity contribution in [1.82, 2.24) is 15.0 Å². The highest BCUT2D eigenvalue weighted by atomic mass is 79.9. The van der Waals surface area contributed by atoms with E-state index < -0.39 is 5.97 Å². The van der Waals surface area contributed by atoms with E-state index in [-0.39, 0.29) is 5.56 Å². The highest BCUT2D eigenvalue weighted by molar-refractivity contribution is 9.10. The largest absolute Gasteiger partial charge is 0.478 e. The van der Waals surface area contributed by atoms with E-state index in [2.05, 4.69) is 26.2 Å². The van der Waals surface area contributed by atoms with Gasteiger partial charge in [-0.05, 0) is 42.5 Å². The molecule has 0 amide bonds. The summed E-state index contributed by atoms with van der Waals surface area (Å²) in [6, 6.07) is 12.3. The molecule has 0 aliphatic heterocycles. The number of fused-ring (bicyclic) bond motifs is 1. The molecule has 2 aromatic carbocycles. The molecular weight excluding hydrogens is 310 g/mol. The SMILES string of the molecule is O=C(O)c1ccc2nnn(-c3ccc(Br)cc3)c2c1. The fourth-order valence-electron chi connectivity index (χ4n) is 1.82. The molecule has 1 heterocycles. The average molecular weight is 318 g/mol. The number of rotatable bonds is 2. The van der Waals surface area contributed by atoms with Gasteiger partial charge in [-0.15, -0.1) is 5.10 Å². The number of benzene rings is 2. The lowest BCUT2D eigenvalue weighted by molar-refractivity contribution is 0.0697. The normalized spacial score (nSPS) is 10.8. The Hall–Kier alpha value is -2.21. The second-order valence-electron chi connectivity index (χ2n) is 3.99. The maximum absolute atomic E-state index is 11.0. The van der Waals surface area contributed by atoms with E-state index in [9.17, 15) is 4.79 Å². The Kier molecular flexibility index (Phi) is 2.79. The summed E-state index contributed by atoms with van der Waals surface area (Å²) in [6.45, 7) is 0. The van der Waals surface area contributed by atoms with Crippen LogP contribution in [0.5, 0.6) is 0 Å². The summed E-state index contributed by atoms with van der Waals surface area (Å²) in [5.74, 6) is -0.967. The summed E-state index contributed by atoms with van der Waals surface area (Å²) in [4.78, 5) is 11.0. The Balaban J connectivity index is 2.21. The van der Waals surface area contributed by atoms with Crippen molar-refractivity contribution in [2.45, 2.75) is 0 Å². The van der Waals surface area contributed by atoms with Gasteiger partial charge in [0.15, 0.2) is 0 Å². The molecule has 0 aliphatic rings. The van der Waals surface area contributed by atoms with Gasteiger partial charge in [0.2, 0.25) is 0 Å². The van der Waals surface area contributed by atoms with Crippen molar-refractivity contribution in [2.24, 2.45) is 0 Å². The summed E-state index contributed by atoms with van der Waals surface area (Å²) >= 11 is 3.37. The third kappa shape index (κ3) is 2.10. The molecule has 0 atom stereocenters. The number of hydrogen-bond donors (Lipinski definition) is 1. The molecule has 0 unspecified atom stereocenters. The topological polar surface area (TPSA) is 68.0 Å². The van der Waals surface area contributed by atoms with Crippen molar-refractivity contribution < 1.29 is 9.90 Å². The van der Waals surface area contributed by atoms with Gasteiger partial charge >= 0.3 is 5.97 Å². The number of carboxylic acids is 1. The van der Waals surface area contributed by atoms with Crippen molar-refractivity contribution in [2.75, 3.05) is 0 Å². The van der Waals surface area contributed by atoms with Crippen molar-refractivity contribution in [1.29, 1.82) is 0 Å². The van der Waals surface area contributed by atoms with Gasteiger partial charge in [0, 0.05) is 4.47 Å². The van der Waals surface area contributed by atoms with Crippen LogP contribution in [0.3, 0.4) is 0 Å². The summed E-state index contributed by atoms with van der Waals surface area (Å²) in [7, 11) is 0. The minimum Gasteiger partial charge on any atom is -0.478 e. The van der Waals surface area contributed by atoms with Crippen molar-refractivity contribution in [3.63, 3.8) is 0 Å². The minimum atomic E-state index is -0.967. The summed E-state index contributed by atoms with van der Waals surface area (Å²) in [5.41, 5.74) is 2.37. The Bertz CT molecular complexity index is 765. The van der Waals surface area contributed by atoms with E-state index in [1.807, 2.05) is 24.3 Å². The molecule has 0 saturated heterocycles. The third-order valence-electron chi connectivity index (χ3n) is 2.76. The lowest BCUT2D eigenvalue weighted by Gasteiger charge is -2.02. The predicted octanol–water partition coefficient (Wildman–Crippen LogP) is 2.88. The van der Waals surface area contributed by atoms with E-state index in [1.54, 1.807) is 16.8 Å². The van der Waals surface area contributed by atoms with Gasteiger partial charge in [0.25, 0.3) is 0 Å². The maximum atomic E-state index is 11.0. The van der Waals surface area contributed by atoms with Crippen LogP contribution >= 0.6 is 15.9 Å². The van der Waals surface area contributed by atoms with E-state index in [0.29, 0.717) is 11.0 Å². The highest BCUT2D eigenvalue weighted by Crippen LogP contribution is 2.19. The van der Waals surface area contributed by atoms with E-state index in [1.165, 1.54) is 6.07 Å². The molecule has 0 fully saturated rings. The smallest absolute Gasteiger partial charge is 0.335 e. The Morgan fingerprint density at radius 1 is 1.16 bits per heavy atom. The zero-order valence-electron chi connectivity index (χ0n) is 9.62. The molecule has 1 N–H and O–H groups in total. The van der Waals surface area contributed by atoms with Gasteiger partial charge < -0.3 is 5.11 Å². The fraction of sp³-hybridized carbons (Fsp3) is 0. The minimum absolute atomic E-state index is 0.216. The summed E-state index contributed by atoms with van der Waals surface area (Å²) in [5, 5.41) is 17.1. The van der Waals surface area contributed by atoms with E-state index in [4.69, 9.17) is 5.11 Å². The van der Waals surface area contributed by atoms with Crippen molar-refractivity contribution in [3.05, 3.63) is 52.5 Å². The molecule has 3 rings (SSSR count). The number of carboxylic acid groups (broad SMARTS) is 1. The van der Waals surface area contributed by atoms with Gasteiger partial charge in [-0.1, -0.05) is 21.1 Å². The van der Waals surface area contributed by atoms with E-state index in [0.717, 1.165) is 10.2 Å². The van der Waals surface area contributed by atoms with Crippen LogP contribution in [0.25, 0.3) is 16.7 Å². The molecule has 0 bridgehead atoms. The van der Waals surface area contributed by atoms with Crippen LogP contribution in [0.15, 0.2) is 46.9 Å². The average Bonchev–Trinajstić information content (AvgIpc) is 2.82. The molecule has 0 radical (unpaired) electrons. The van der Waals surface area contributed by atoms with Gasteiger partial charge in [0.05, 0.1) is 16.8 Å².